The van der Waals surface area contributed by atoms with Crippen LogP contribution < -0.4 is 0 Å². The molecule has 0 fully saturated rings. The molecule has 0 aliphatic heterocycles. The van der Waals surface area contributed by atoms with E-state index in [1.807, 2.05) is 0 Å². The highest BCUT2D eigenvalue weighted by Gasteiger charge is 2.31. The Hall–Kier alpha value is -0.160. The lowest BCUT2D eigenvalue weighted by molar-refractivity contribution is -0.281. The molecular formula is C7H14O4. The molecule has 4 nitrogen and oxygen atoms in total. The molecule has 0 aromatic rings. The van der Waals surface area contributed by atoms with Crippen LogP contribution in [0.5, 0.6) is 0 Å². The van der Waals surface area contributed by atoms with Gasteiger partial charge in [-0.05, 0) is 13.8 Å². The Morgan fingerprint density at radius 2 is 1.36 bits per heavy atom. The van der Waals surface area contributed by atoms with Crippen molar-refractivity contribution in [2.75, 3.05) is 26.4 Å². The molecular weight excluding hydrogens is 148 g/mol. The largest absolute Gasteiger partial charge is 0.346 e. The summed E-state index contributed by atoms with van der Waals surface area (Å²) in [7, 11) is 0. The molecule has 2 radical (unpaired) electrons. The van der Waals surface area contributed by atoms with Gasteiger partial charge in [-0.25, -0.2) is 10.2 Å². The van der Waals surface area contributed by atoms with Crippen LogP contribution in [0.15, 0.2) is 0 Å². The van der Waals surface area contributed by atoms with E-state index in [0.29, 0.717) is 13.2 Å². The molecule has 0 amide bonds. The minimum absolute atomic E-state index is 0.324. The maximum Gasteiger partial charge on any atom is 0.222 e. The third-order valence-electron chi connectivity index (χ3n) is 1.25. The monoisotopic (exact) mass is 162 g/mol. The summed E-state index contributed by atoms with van der Waals surface area (Å²) in [5, 5.41) is 21.0. The molecule has 0 aliphatic carbocycles. The molecule has 0 aromatic carbocycles. The van der Waals surface area contributed by atoms with Gasteiger partial charge >= 0.3 is 0 Å². The van der Waals surface area contributed by atoms with E-state index in [4.69, 9.17) is 9.47 Å². The third kappa shape index (κ3) is 3.16. The molecule has 0 rings (SSSR count). The van der Waals surface area contributed by atoms with Gasteiger partial charge in [-0.2, -0.15) is 0 Å². The fourth-order valence-corrected chi connectivity index (χ4v) is 0.776. The Kier molecular flexibility index (Phi) is 5.41. The van der Waals surface area contributed by atoms with Crippen molar-refractivity contribution < 1.29 is 19.7 Å². The quantitative estimate of drug-likeness (QED) is 0.537. The zero-order chi connectivity index (χ0) is 8.74. The van der Waals surface area contributed by atoms with Crippen LogP contribution in [0.2, 0.25) is 0 Å². The first-order chi connectivity index (χ1) is 5.24. The van der Waals surface area contributed by atoms with Gasteiger partial charge < -0.3 is 9.47 Å². The van der Waals surface area contributed by atoms with Crippen molar-refractivity contribution >= 4 is 0 Å². The number of ether oxygens (including phenoxy) is 2. The highest BCUT2D eigenvalue weighted by atomic mass is 16.7. The third-order valence-corrected chi connectivity index (χ3v) is 1.25. The number of hydrogen-bond acceptors (Lipinski definition) is 2. The first-order valence-electron chi connectivity index (χ1n) is 3.68. The van der Waals surface area contributed by atoms with E-state index in [1.54, 1.807) is 13.8 Å². The van der Waals surface area contributed by atoms with E-state index in [0.717, 1.165) is 0 Å². The first kappa shape index (κ1) is 10.8. The standard InChI is InChI=1S/C7H14O4/c1-3-10-7(5-8,6-9)11-4-2/h3-6H2,1-2H3. The molecule has 0 aliphatic rings. The average Bonchev–Trinajstić information content (AvgIpc) is 2.04. The van der Waals surface area contributed by atoms with Crippen molar-refractivity contribution in [3.8, 4) is 0 Å². The highest BCUT2D eigenvalue weighted by molar-refractivity contribution is 4.65. The van der Waals surface area contributed by atoms with Crippen LogP contribution in [0.25, 0.3) is 0 Å². The summed E-state index contributed by atoms with van der Waals surface area (Å²) < 4.78 is 9.84. The van der Waals surface area contributed by atoms with Crippen LogP contribution in [-0.4, -0.2) is 32.2 Å². The summed E-state index contributed by atoms with van der Waals surface area (Å²) in [6.07, 6.45) is 0. The van der Waals surface area contributed by atoms with Gasteiger partial charge in [-0.1, -0.05) is 0 Å². The van der Waals surface area contributed by atoms with E-state index in [-0.39, 0.29) is 0 Å². The van der Waals surface area contributed by atoms with Gasteiger partial charge in [0.25, 0.3) is 0 Å². The highest BCUT2D eigenvalue weighted by Crippen LogP contribution is 2.11. The fourth-order valence-electron chi connectivity index (χ4n) is 0.776. The van der Waals surface area contributed by atoms with Crippen molar-refractivity contribution in [3.63, 3.8) is 0 Å². The molecule has 0 atom stereocenters. The Morgan fingerprint density at radius 3 is 1.55 bits per heavy atom. The van der Waals surface area contributed by atoms with Crippen LogP contribution in [0.3, 0.4) is 0 Å². The summed E-state index contributed by atoms with van der Waals surface area (Å²) >= 11 is 0. The topological polar surface area (TPSA) is 58.3 Å². The van der Waals surface area contributed by atoms with Crippen LogP contribution in [0.4, 0.5) is 0 Å². The molecule has 0 aromatic heterocycles. The second kappa shape index (κ2) is 5.49. The molecule has 0 heterocycles. The summed E-state index contributed by atoms with van der Waals surface area (Å²) in [6, 6.07) is 0. The lowest BCUT2D eigenvalue weighted by Gasteiger charge is -2.27. The second-order valence-corrected chi connectivity index (χ2v) is 2.07. The van der Waals surface area contributed by atoms with E-state index >= 15 is 0 Å². The van der Waals surface area contributed by atoms with E-state index in [9.17, 15) is 10.2 Å². The number of hydrogen-bond donors (Lipinski definition) is 0. The minimum atomic E-state index is -1.43. The zero-order valence-corrected chi connectivity index (χ0v) is 6.96. The van der Waals surface area contributed by atoms with Gasteiger partial charge in [0.05, 0.1) is 0 Å². The summed E-state index contributed by atoms with van der Waals surface area (Å²) in [5.41, 5.74) is 0. The first-order valence-corrected chi connectivity index (χ1v) is 3.68. The molecule has 0 saturated carbocycles. The minimum Gasteiger partial charge on any atom is -0.346 e. The Bertz CT molecular complexity index is 82.4. The van der Waals surface area contributed by atoms with Gasteiger partial charge in [0, 0.05) is 13.2 Å². The van der Waals surface area contributed by atoms with Gasteiger partial charge in [-0.15, -0.1) is 0 Å². The van der Waals surface area contributed by atoms with Gasteiger partial charge in [0.1, 0.15) is 13.2 Å². The molecule has 0 N–H and O–H groups in total. The van der Waals surface area contributed by atoms with Crippen molar-refractivity contribution in [1.29, 1.82) is 0 Å². The van der Waals surface area contributed by atoms with Crippen LogP contribution in [0, 0.1) is 0 Å². The van der Waals surface area contributed by atoms with Crippen molar-refractivity contribution in [2.24, 2.45) is 0 Å². The molecule has 4 heteroatoms. The lowest BCUT2D eigenvalue weighted by Crippen LogP contribution is -2.42. The van der Waals surface area contributed by atoms with E-state index in [2.05, 4.69) is 0 Å². The van der Waals surface area contributed by atoms with E-state index < -0.39 is 19.0 Å². The van der Waals surface area contributed by atoms with Gasteiger partial charge in [0.2, 0.25) is 5.79 Å². The molecule has 11 heavy (non-hydrogen) atoms. The molecule has 0 bridgehead atoms. The van der Waals surface area contributed by atoms with Crippen LogP contribution in [-0.2, 0) is 19.7 Å². The number of rotatable bonds is 6. The maximum atomic E-state index is 10.5. The van der Waals surface area contributed by atoms with Crippen molar-refractivity contribution in [1.82, 2.24) is 0 Å². The maximum absolute atomic E-state index is 10.5. The second-order valence-electron chi connectivity index (χ2n) is 2.07. The predicted octanol–water partition coefficient (Wildman–Crippen LogP) is 0.617. The van der Waals surface area contributed by atoms with Crippen molar-refractivity contribution in [3.05, 3.63) is 0 Å². The van der Waals surface area contributed by atoms with Gasteiger partial charge in [0.15, 0.2) is 0 Å². The smallest absolute Gasteiger partial charge is 0.222 e. The molecule has 0 unspecified atom stereocenters. The SMILES string of the molecule is CCOC(C[O])(C[O])OCC. The Labute approximate surface area is 66.7 Å². The van der Waals surface area contributed by atoms with E-state index in [1.165, 1.54) is 0 Å². The molecule has 0 saturated heterocycles. The molecule has 0 spiro atoms. The van der Waals surface area contributed by atoms with Crippen LogP contribution >= 0.6 is 0 Å². The Balaban J connectivity index is 3.96. The van der Waals surface area contributed by atoms with Crippen molar-refractivity contribution in [2.45, 2.75) is 19.6 Å². The zero-order valence-electron chi connectivity index (χ0n) is 6.96. The predicted molar refractivity (Wildman–Crippen MR) is 37.1 cm³/mol. The summed E-state index contributed by atoms with van der Waals surface area (Å²) in [4.78, 5) is 0. The Morgan fingerprint density at radius 1 is 1.00 bits per heavy atom. The summed E-state index contributed by atoms with van der Waals surface area (Å²) in [6.45, 7) is 2.81. The lowest BCUT2D eigenvalue weighted by atomic mass is 10.3. The average molecular weight is 162 g/mol. The fraction of sp³-hybridized carbons (Fsp3) is 1.00. The van der Waals surface area contributed by atoms with Crippen LogP contribution in [0.1, 0.15) is 13.8 Å². The normalized spacial score (nSPS) is 12.0. The molecule has 66 valence electrons. The summed E-state index contributed by atoms with van der Waals surface area (Å²) in [5.74, 6) is -1.43. The van der Waals surface area contributed by atoms with Gasteiger partial charge in [-0.3, -0.25) is 0 Å².